The van der Waals surface area contributed by atoms with E-state index in [-0.39, 0.29) is 24.8 Å². The molecule has 2 rings (SSSR count). The Labute approximate surface area is 139 Å². The zero-order valence-corrected chi connectivity index (χ0v) is 14.5. The van der Waals surface area contributed by atoms with E-state index in [0.717, 1.165) is 29.7 Å². The van der Waals surface area contributed by atoms with Crippen molar-refractivity contribution in [3.63, 3.8) is 0 Å². The molecule has 0 radical (unpaired) electrons. The zero-order valence-electron chi connectivity index (χ0n) is 13.6. The van der Waals surface area contributed by atoms with Crippen molar-refractivity contribution in [2.75, 3.05) is 18.9 Å². The third-order valence-electron chi connectivity index (χ3n) is 4.02. The molecule has 0 saturated heterocycles. The van der Waals surface area contributed by atoms with Gasteiger partial charge in [0.1, 0.15) is 5.00 Å². The summed E-state index contributed by atoms with van der Waals surface area (Å²) in [4.78, 5) is 37.5. The summed E-state index contributed by atoms with van der Waals surface area (Å²) in [6, 6.07) is 0. The van der Waals surface area contributed by atoms with Crippen LogP contribution in [0.15, 0.2) is 0 Å². The number of fused-ring (bicyclic) bond motifs is 1. The van der Waals surface area contributed by atoms with E-state index in [4.69, 9.17) is 5.11 Å². The molecule has 1 aliphatic carbocycles. The van der Waals surface area contributed by atoms with Crippen LogP contribution in [0.3, 0.4) is 0 Å². The first-order valence-corrected chi connectivity index (χ1v) is 8.50. The second-order valence-electron chi connectivity index (χ2n) is 6.11. The lowest BCUT2D eigenvalue weighted by Crippen LogP contribution is -2.30. The van der Waals surface area contributed by atoms with Crippen LogP contribution >= 0.6 is 11.3 Å². The molecule has 7 heteroatoms. The van der Waals surface area contributed by atoms with Crippen LogP contribution < -0.4 is 5.32 Å². The van der Waals surface area contributed by atoms with Crippen molar-refractivity contribution >= 4 is 34.1 Å². The summed E-state index contributed by atoms with van der Waals surface area (Å²) in [5.74, 6) is -0.798. The number of rotatable bonds is 5. The first-order valence-electron chi connectivity index (χ1n) is 7.69. The van der Waals surface area contributed by atoms with Crippen molar-refractivity contribution in [2.24, 2.45) is 5.92 Å². The Bertz CT molecular complexity index is 638. The molecule has 1 aromatic rings. The minimum atomic E-state index is -0.937. The molecule has 1 aromatic heterocycles. The zero-order chi connectivity index (χ0) is 17.1. The average molecular weight is 338 g/mol. The van der Waals surface area contributed by atoms with E-state index in [9.17, 15) is 14.4 Å². The van der Waals surface area contributed by atoms with Crippen molar-refractivity contribution in [3.8, 4) is 0 Å². The lowest BCUT2D eigenvalue weighted by atomic mass is 9.88. The molecule has 1 aliphatic rings. The first-order chi connectivity index (χ1) is 10.8. The summed E-state index contributed by atoms with van der Waals surface area (Å²) in [5.41, 5.74) is 1.56. The van der Waals surface area contributed by atoms with Gasteiger partial charge in [-0.3, -0.25) is 14.4 Å². The van der Waals surface area contributed by atoms with Crippen LogP contribution in [0.5, 0.6) is 0 Å². The van der Waals surface area contributed by atoms with Gasteiger partial charge in [0, 0.05) is 25.4 Å². The molecule has 2 amide bonds. The largest absolute Gasteiger partial charge is 0.481 e. The Morgan fingerprint density at radius 2 is 2.09 bits per heavy atom. The van der Waals surface area contributed by atoms with Crippen LogP contribution in [0, 0.1) is 5.92 Å². The Hall–Kier alpha value is -1.89. The number of carboxylic acid groups (broad SMARTS) is 1. The van der Waals surface area contributed by atoms with Gasteiger partial charge < -0.3 is 15.3 Å². The number of carbonyl (C=O) groups excluding carboxylic acids is 2. The maximum absolute atomic E-state index is 12.8. The van der Waals surface area contributed by atoms with Crippen molar-refractivity contribution < 1.29 is 19.5 Å². The molecular weight excluding hydrogens is 316 g/mol. The first kappa shape index (κ1) is 17.5. The minimum absolute atomic E-state index is 0.0962. The van der Waals surface area contributed by atoms with Gasteiger partial charge in [-0.25, -0.2) is 0 Å². The van der Waals surface area contributed by atoms with Crippen LogP contribution in [0.1, 0.15) is 47.5 Å². The summed E-state index contributed by atoms with van der Waals surface area (Å²) in [6.45, 7) is 3.75. The maximum Gasteiger partial charge on any atom is 0.305 e. The van der Waals surface area contributed by atoms with E-state index < -0.39 is 5.97 Å². The highest BCUT2D eigenvalue weighted by molar-refractivity contribution is 7.17. The van der Waals surface area contributed by atoms with Gasteiger partial charge in [0.2, 0.25) is 5.91 Å². The third kappa shape index (κ3) is 4.10. The number of thiophene rings is 1. The molecule has 23 heavy (non-hydrogen) atoms. The van der Waals surface area contributed by atoms with Gasteiger partial charge in [-0.1, -0.05) is 6.92 Å². The van der Waals surface area contributed by atoms with Gasteiger partial charge in [0.15, 0.2) is 0 Å². The number of carbonyl (C=O) groups is 3. The lowest BCUT2D eigenvalue weighted by Gasteiger charge is -2.21. The standard InChI is InChI=1S/C16H22N2O4S/c1-9-4-5-11-12(8-9)23-15(17-10(2)19)14(11)16(22)18(3)7-6-13(20)21/h9H,4-8H2,1-3H3,(H,17,19)(H,20,21). The van der Waals surface area contributed by atoms with E-state index >= 15 is 0 Å². The Balaban J connectivity index is 2.32. The maximum atomic E-state index is 12.8. The molecule has 2 N–H and O–H groups in total. The number of hydrogen-bond acceptors (Lipinski definition) is 4. The lowest BCUT2D eigenvalue weighted by molar-refractivity contribution is -0.137. The second kappa shape index (κ2) is 7.12. The number of anilines is 1. The van der Waals surface area contributed by atoms with Gasteiger partial charge in [0.05, 0.1) is 12.0 Å². The van der Waals surface area contributed by atoms with Gasteiger partial charge in [-0.15, -0.1) is 11.3 Å². The summed E-state index contributed by atoms with van der Waals surface area (Å²) in [6.07, 6.45) is 2.66. The van der Waals surface area contributed by atoms with Gasteiger partial charge in [-0.05, 0) is 30.7 Å². The number of amides is 2. The normalized spacial score (nSPS) is 16.6. The molecule has 0 aromatic carbocycles. The number of carboxylic acids is 1. The molecule has 126 valence electrons. The van der Waals surface area contributed by atoms with Gasteiger partial charge >= 0.3 is 5.97 Å². The number of nitrogens with one attached hydrogen (secondary N) is 1. The molecule has 0 spiro atoms. The summed E-state index contributed by atoms with van der Waals surface area (Å²) < 4.78 is 0. The van der Waals surface area contributed by atoms with Crippen LogP contribution in [-0.2, 0) is 22.4 Å². The number of hydrogen-bond donors (Lipinski definition) is 2. The topological polar surface area (TPSA) is 86.7 Å². The third-order valence-corrected chi connectivity index (χ3v) is 5.19. The van der Waals surface area contributed by atoms with Crippen molar-refractivity contribution in [2.45, 2.75) is 39.5 Å². The van der Waals surface area contributed by atoms with Crippen LogP contribution in [0.4, 0.5) is 5.00 Å². The highest BCUT2D eigenvalue weighted by Crippen LogP contribution is 2.40. The fourth-order valence-corrected chi connectivity index (χ4v) is 4.23. The Kier molecular flexibility index (Phi) is 5.41. The van der Waals surface area contributed by atoms with E-state index in [2.05, 4.69) is 12.2 Å². The fourth-order valence-electron chi connectivity index (χ4n) is 2.78. The van der Waals surface area contributed by atoms with E-state index in [1.54, 1.807) is 7.05 Å². The number of aliphatic carboxylic acids is 1. The van der Waals surface area contributed by atoms with E-state index in [1.807, 2.05) is 0 Å². The molecule has 1 heterocycles. The van der Waals surface area contributed by atoms with Crippen molar-refractivity contribution in [1.82, 2.24) is 4.90 Å². The molecular formula is C16H22N2O4S. The quantitative estimate of drug-likeness (QED) is 0.863. The fraction of sp³-hybridized carbons (Fsp3) is 0.562. The molecule has 0 aliphatic heterocycles. The molecule has 1 unspecified atom stereocenters. The molecule has 6 nitrogen and oxygen atoms in total. The predicted octanol–water partition coefficient (Wildman–Crippen LogP) is 2.38. The minimum Gasteiger partial charge on any atom is -0.481 e. The molecule has 0 saturated carbocycles. The Morgan fingerprint density at radius 1 is 1.39 bits per heavy atom. The molecule has 0 bridgehead atoms. The highest BCUT2D eigenvalue weighted by atomic mass is 32.1. The van der Waals surface area contributed by atoms with Crippen LogP contribution in [0.25, 0.3) is 0 Å². The van der Waals surface area contributed by atoms with Crippen molar-refractivity contribution in [1.29, 1.82) is 0 Å². The molecule has 1 atom stereocenters. The SMILES string of the molecule is CC(=O)Nc1sc2c(c1C(=O)N(C)CCC(=O)O)CCC(C)C2. The molecule has 0 fully saturated rings. The van der Waals surface area contributed by atoms with Crippen molar-refractivity contribution in [3.05, 3.63) is 16.0 Å². The summed E-state index contributed by atoms with van der Waals surface area (Å²) >= 11 is 1.47. The number of nitrogens with zero attached hydrogens (tertiary/aromatic N) is 1. The predicted molar refractivity (Wildman–Crippen MR) is 89.0 cm³/mol. The highest BCUT2D eigenvalue weighted by Gasteiger charge is 2.29. The Morgan fingerprint density at radius 3 is 2.70 bits per heavy atom. The van der Waals surface area contributed by atoms with Crippen LogP contribution in [0.2, 0.25) is 0 Å². The average Bonchev–Trinajstić information content (AvgIpc) is 2.79. The monoisotopic (exact) mass is 338 g/mol. The van der Waals surface area contributed by atoms with E-state index in [1.165, 1.54) is 23.2 Å². The van der Waals surface area contributed by atoms with Crippen LogP contribution in [-0.4, -0.2) is 41.4 Å². The second-order valence-corrected chi connectivity index (χ2v) is 7.21. The van der Waals surface area contributed by atoms with Gasteiger partial charge in [-0.2, -0.15) is 0 Å². The smallest absolute Gasteiger partial charge is 0.305 e. The summed E-state index contributed by atoms with van der Waals surface area (Å²) in [7, 11) is 1.60. The van der Waals surface area contributed by atoms with Gasteiger partial charge in [0.25, 0.3) is 5.91 Å². The summed E-state index contributed by atoms with van der Waals surface area (Å²) in [5, 5.41) is 12.1. The van der Waals surface area contributed by atoms with E-state index in [0.29, 0.717) is 16.5 Å².